The molecule has 2 rings (SSSR count). The lowest BCUT2D eigenvalue weighted by Crippen LogP contribution is -2.06. The lowest BCUT2D eigenvalue weighted by molar-refractivity contribution is -0.385. The summed E-state index contributed by atoms with van der Waals surface area (Å²) in [4.78, 5) is 21.2. The molecule has 0 radical (unpaired) electrons. The number of carbonyl (C=O) groups is 1. The van der Waals surface area contributed by atoms with E-state index in [2.05, 4.69) is 5.10 Å². The predicted octanol–water partition coefficient (Wildman–Crippen LogP) is 2.40. The molecule has 0 aliphatic heterocycles. The number of nitrogens with zero attached hydrogens (tertiary/aromatic N) is 3. The molecule has 0 fully saturated rings. The van der Waals surface area contributed by atoms with Crippen LogP contribution < -0.4 is 0 Å². The van der Waals surface area contributed by atoms with E-state index in [1.165, 1.54) is 18.2 Å². The second-order valence-electron chi connectivity index (χ2n) is 4.47. The summed E-state index contributed by atoms with van der Waals surface area (Å²) in [5.41, 5.74) is 2.37. The number of rotatable bonds is 3. The predicted molar refractivity (Wildman–Crippen MR) is 71.4 cm³/mol. The van der Waals surface area contributed by atoms with E-state index in [0.717, 1.165) is 17.0 Å². The van der Waals surface area contributed by atoms with Crippen LogP contribution in [-0.4, -0.2) is 25.8 Å². The average Bonchev–Trinajstić information content (AvgIpc) is 2.65. The van der Waals surface area contributed by atoms with Gasteiger partial charge < -0.3 is 5.11 Å². The van der Waals surface area contributed by atoms with Gasteiger partial charge >= 0.3 is 5.97 Å². The largest absolute Gasteiger partial charge is 0.477 e. The van der Waals surface area contributed by atoms with Gasteiger partial charge in [-0.15, -0.1) is 0 Å². The van der Waals surface area contributed by atoms with Crippen molar-refractivity contribution in [1.82, 2.24) is 9.78 Å². The van der Waals surface area contributed by atoms with Gasteiger partial charge in [0.15, 0.2) is 0 Å². The number of hydrogen-bond donors (Lipinski definition) is 1. The highest BCUT2D eigenvalue weighted by Crippen LogP contribution is 2.24. The maximum absolute atomic E-state index is 11.0. The zero-order chi connectivity index (χ0) is 15.0. The van der Waals surface area contributed by atoms with Crippen molar-refractivity contribution in [2.45, 2.75) is 20.8 Å². The van der Waals surface area contributed by atoms with Gasteiger partial charge in [0.05, 0.1) is 16.3 Å². The quantitative estimate of drug-likeness (QED) is 0.685. The maximum Gasteiger partial charge on any atom is 0.342 e. The molecule has 1 heterocycles. The molecule has 0 spiro atoms. The first kappa shape index (κ1) is 13.7. The molecular formula is C13H13N3O4. The third-order valence-corrected chi connectivity index (χ3v) is 3.31. The summed E-state index contributed by atoms with van der Waals surface area (Å²) in [5, 5.41) is 24.2. The zero-order valence-electron chi connectivity index (χ0n) is 11.2. The number of nitro groups is 1. The van der Waals surface area contributed by atoms with Crippen molar-refractivity contribution in [3.63, 3.8) is 0 Å². The second kappa shape index (κ2) is 4.76. The Morgan fingerprint density at radius 3 is 2.45 bits per heavy atom. The molecule has 0 saturated heterocycles. The second-order valence-corrected chi connectivity index (χ2v) is 4.47. The summed E-state index contributed by atoms with van der Waals surface area (Å²) in [5.74, 6) is -1.33. The van der Waals surface area contributed by atoms with Crippen molar-refractivity contribution in [1.29, 1.82) is 0 Å². The van der Waals surface area contributed by atoms with Gasteiger partial charge in [-0.25, -0.2) is 9.48 Å². The summed E-state index contributed by atoms with van der Waals surface area (Å²) >= 11 is 0. The van der Waals surface area contributed by atoms with E-state index < -0.39 is 16.6 Å². The van der Waals surface area contributed by atoms with Crippen LogP contribution in [0.5, 0.6) is 0 Å². The molecule has 0 unspecified atom stereocenters. The highest BCUT2D eigenvalue weighted by molar-refractivity contribution is 5.92. The third kappa shape index (κ3) is 2.13. The minimum Gasteiger partial charge on any atom is -0.477 e. The Morgan fingerprint density at radius 1 is 1.35 bits per heavy atom. The number of aryl methyl sites for hydroxylation is 1. The molecule has 20 heavy (non-hydrogen) atoms. The Labute approximate surface area is 114 Å². The average molecular weight is 275 g/mol. The lowest BCUT2D eigenvalue weighted by Gasteiger charge is -2.06. The number of carboxylic acids is 1. The van der Waals surface area contributed by atoms with Crippen molar-refractivity contribution in [2.75, 3.05) is 0 Å². The molecule has 1 aromatic carbocycles. The van der Waals surface area contributed by atoms with E-state index in [-0.39, 0.29) is 5.56 Å². The standard InChI is InChI=1S/C13H13N3O4/c1-7-8(2)14-15(9(7)3)10-4-5-11(13(17)18)12(6-10)16(19)20/h4-6H,1-3H3,(H,17,18). The summed E-state index contributed by atoms with van der Waals surface area (Å²) < 4.78 is 1.57. The zero-order valence-corrected chi connectivity index (χ0v) is 11.2. The van der Waals surface area contributed by atoms with Gasteiger partial charge in [-0.05, 0) is 38.5 Å². The van der Waals surface area contributed by atoms with Crippen LogP contribution in [0.2, 0.25) is 0 Å². The van der Waals surface area contributed by atoms with Crippen LogP contribution in [0.25, 0.3) is 5.69 Å². The first-order valence-electron chi connectivity index (χ1n) is 5.88. The number of hydrogen-bond acceptors (Lipinski definition) is 4. The number of carboxylic acid groups (broad SMARTS) is 1. The van der Waals surface area contributed by atoms with E-state index in [1.807, 2.05) is 20.8 Å². The van der Waals surface area contributed by atoms with Gasteiger partial charge in [0.1, 0.15) is 5.56 Å². The van der Waals surface area contributed by atoms with E-state index in [0.29, 0.717) is 5.69 Å². The van der Waals surface area contributed by atoms with Gasteiger partial charge in [0.2, 0.25) is 0 Å². The maximum atomic E-state index is 11.0. The van der Waals surface area contributed by atoms with Gasteiger partial charge in [-0.2, -0.15) is 5.10 Å². The van der Waals surface area contributed by atoms with Crippen molar-refractivity contribution in [3.05, 3.63) is 50.8 Å². The van der Waals surface area contributed by atoms with E-state index >= 15 is 0 Å². The van der Waals surface area contributed by atoms with Crippen LogP contribution in [-0.2, 0) is 0 Å². The Hall–Kier alpha value is -2.70. The Morgan fingerprint density at radius 2 is 2.00 bits per heavy atom. The number of aromatic nitrogens is 2. The fraction of sp³-hybridized carbons (Fsp3) is 0.231. The minimum atomic E-state index is -1.33. The molecule has 7 nitrogen and oxygen atoms in total. The molecule has 2 aromatic rings. The Bertz CT molecular complexity index is 719. The third-order valence-electron chi connectivity index (χ3n) is 3.31. The molecule has 0 saturated carbocycles. The van der Waals surface area contributed by atoms with Crippen molar-refractivity contribution in [3.8, 4) is 5.69 Å². The normalized spacial score (nSPS) is 10.6. The van der Waals surface area contributed by atoms with Crippen LogP contribution in [0, 0.1) is 30.9 Å². The van der Waals surface area contributed by atoms with Crippen LogP contribution in [0.15, 0.2) is 18.2 Å². The molecule has 0 aliphatic carbocycles. The number of aromatic carboxylic acids is 1. The van der Waals surface area contributed by atoms with E-state index in [4.69, 9.17) is 5.11 Å². The SMILES string of the molecule is Cc1nn(-c2ccc(C(=O)O)c([N+](=O)[O-])c2)c(C)c1C. The van der Waals surface area contributed by atoms with Gasteiger partial charge in [-0.1, -0.05) is 0 Å². The summed E-state index contributed by atoms with van der Waals surface area (Å²) in [6.45, 7) is 5.61. The van der Waals surface area contributed by atoms with Crippen molar-refractivity contribution in [2.24, 2.45) is 0 Å². The molecule has 104 valence electrons. The topological polar surface area (TPSA) is 98.3 Å². The molecule has 0 aliphatic rings. The molecule has 7 heteroatoms. The van der Waals surface area contributed by atoms with Gasteiger partial charge in [-0.3, -0.25) is 10.1 Å². The van der Waals surface area contributed by atoms with E-state index in [9.17, 15) is 14.9 Å². The molecule has 0 bridgehead atoms. The molecule has 1 N–H and O–H groups in total. The monoisotopic (exact) mass is 275 g/mol. The van der Waals surface area contributed by atoms with E-state index in [1.54, 1.807) is 4.68 Å². The van der Waals surface area contributed by atoms with Crippen molar-refractivity contribution >= 4 is 11.7 Å². The van der Waals surface area contributed by atoms with Gasteiger partial charge in [0, 0.05) is 11.8 Å². The van der Waals surface area contributed by atoms with Crippen LogP contribution in [0.4, 0.5) is 5.69 Å². The first-order valence-corrected chi connectivity index (χ1v) is 5.88. The molecule has 1 aromatic heterocycles. The molecular weight excluding hydrogens is 262 g/mol. The fourth-order valence-corrected chi connectivity index (χ4v) is 1.96. The molecule has 0 amide bonds. The van der Waals surface area contributed by atoms with Gasteiger partial charge in [0.25, 0.3) is 5.69 Å². The number of benzene rings is 1. The smallest absolute Gasteiger partial charge is 0.342 e. The minimum absolute atomic E-state index is 0.336. The van der Waals surface area contributed by atoms with Crippen LogP contribution in [0.3, 0.4) is 0 Å². The number of nitro benzene ring substituents is 1. The molecule has 0 atom stereocenters. The van der Waals surface area contributed by atoms with Crippen molar-refractivity contribution < 1.29 is 14.8 Å². The van der Waals surface area contributed by atoms with Crippen LogP contribution >= 0.6 is 0 Å². The fourth-order valence-electron chi connectivity index (χ4n) is 1.96. The lowest BCUT2D eigenvalue weighted by atomic mass is 10.1. The Kier molecular flexibility index (Phi) is 3.27. The summed E-state index contributed by atoms with van der Waals surface area (Å²) in [7, 11) is 0. The Balaban J connectivity index is 2.65. The summed E-state index contributed by atoms with van der Waals surface area (Å²) in [6, 6.07) is 3.96. The first-order chi connectivity index (χ1) is 9.32. The highest BCUT2D eigenvalue weighted by atomic mass is 16.6. The van der Waals surface area contributed by atoms with Crippen LogP contribution in [0.1, 0.15) is 27.3 Å². The highest BCUT2D eigenvalue weighted by Gasteiger charge is 2.21. The summed E-state index contributed by atoms with van der Waals surface area (Å²) in [6.07, 6.45) is 0.